The molecule has 2 aromatic rings. The van der Waals surface area contributed by atoms with Crippen LogP contribution in [-0.2, 0) is 5.41 Å². The van der Waals surface area contributed by atoms with Crippen molar-refractivity contribution in [2.75, 3.05) is 26.7 Å². The second-order valence-corrected chi connectivity index (χ2v) is 7.05. The molecule has 0 saturated carbocycles. The van der Waals surface area contributed by atoms with Crippen molar-refractivity contribution in [3.8, 4) is 10.6 Å². The first-order valence-corrected chi connectivity index (χ1v) is 8.43. The standard InChI is InChI=1S/C17H23N3S/c1-13-3-5-14(6-4-13)16-19-15(11-21-16)17(12-18)7-9-20(2)10-8-17/h3-6,11H,7-10,12,18H2,1-2H3. The maximum atomic E-state index is 6.13. The minimum absolute atomic E-state index is 0.0754. The highest BCUT2D eigenvalue weighted by Crippen LogP contribution is 2.36. The number of hydrogen-bond acceptors (Lipinski definition) is 4. The minimum Gasteiger partial charge on any atom is -0.330 e. The normalized spacial score (nSPS) is 18.8. The van der Waals surface area contributed by atoms with E-state index in [9.17, 15) is 0 Å². The summed E-state index contributed by atoms with van der Waals surface area (Å²) in [5, 5.41) is 3.32. The van der Waals surface area contributed by atoms with Gasteiger partial charge in [-0.3, -0.25) is 0 Å². The summed E-state index contributed by atoms with van der Waals surface area (Å²) in [5.41, 5.74) is 9.89. The molecule has 1 fully saturated rings. The van der Waals surface area contributed by atoms with Crippen LogP contribution < -0.4 is 5.73 Å². The van der Waals surface area contributed by atoms with Crippen LogP contribution in [0.5, 0.6) is 0 Å². The summed E-state index contributed by atoms with van der Waals surface area (Å²) in [6.07, 6.45) is 2.22. The lowest BCUT2D eigenvalue weighted by Crippen LogP contribution is -2.45. The number of hydrogen-bond donors (Lipinski definition) is 1. The molecule has 1 aromatic heterocycles. The Morgan fingerprint density at radius 3 is 2.52 bits per heavy atom. The van der Waals surface area contributed by atoms with Crippen LogP contribution in [0.3, 0.4) is 0 Å². The number of rotatable bonds is 3. The first kappa shape index (κ1) is 14.7. The zero-order valence-corrected chi connectivity index (χ0v) is 13.6. The molecule has 1 saturated heterocycles. The van der Waals surface area contributed by atoms with Crippen LogP contribution in [-0.4, -0.2) is 36.6 Å². The lowest BCUT2D eigenvalue weighted by Gasteiger charge is -2.38. The molecule has 1 aliphatic heterocycles. The number of thiazole rings is 1. The van der Waals surface area contributed by atoms with Crippen molar-refractivity contribution in [2.45, 2.75) is 25.2 Å². The highest BCUT2D eigenvalue weighted by Gasteiger charge is 2.36. The second kappa shape index (κ2) is 5.87. The van der Waals surface area contributed by atoms with E-state index in [0.29, 0.717) is 6.54 Å². The number of aryl methyl sites for hydroxylation is 1. The number of nitrogens with two attached hydrogens (primary N) is 1. The van der Waals surface area contributed by atoms with Crippen LogP contribution in [0.1, 0.15) is 24.1 Å². The summed E-state index contributed by atoms with van der Waals surface area (Å²) >= 11 is 1.74. The number of piperidine rings is 1. The third-order valence-corrected chi connectivity index (χ3v) is 5.57. The first-order chi connectivity index (χ1) is 10.1. The van der Waals surface area contributed by atoms with E-state index < -0.39 is 0 Å². The number of nitrogens with zero attached hydrogens (tertiary/aromatic N) is 2. The van der Waals surface area contributed by atoms with Crippen LogP contribution in [0, 0.1) is 6.92 Å². The molecule has 1 aliphatic rings. The van der Waals surface area contributed by atoms with Gasteiger partial charge in [0.25, 0.3) is 0 Å². The predicted molar refractivity (Wildman–Crippen MR) is 89.8 cm³/mol. The van der Waals surface area contributed by atoms with Gasteiger partial charge in [-0.25, -0.2) is 4.98 Å². The molecule has 0 bridgehead atoms. The number of benzene rings is 1. The van der Waals surface area contributed by atoms with E-state index in [1.807, 2.05) is 0 Å². The fraction of sp³-hybridized carbons (Fsp3) is 0.471. The highest BCUT2D eigenvalue weighted by molar-refractivity contribution is 7.13. The van der Waals surface area contributed by atoms with Crippen LogP contribution in [0.2, 0.25) is 0 Å². The summed E-state index contributed by atoms with van der Waals surface area (Å²) in [6.45, 7) is 5.01. The third-order valence-electron chi connectivity index (χ3n) is 4.68. The first-order valence-electron chi connectivity index (χ1n) is 7.55. The van der Waals surface area contributed by atoms with Gasteiger partial charge in [-0.1, -0.05) is 29.8 Å². The van der Waals surface area contributed by atoms with Crippen molar-refractivity contribution in [1.82, 2.24) is 9.88 Å². The van der Waals surface area contributed by atoms with Gasteiger partial charge in [-0.05, 0) is 39.9 Å². The van der Waals surface area contributed by atoms with Crippen LogP contribution in [0.15, 0.2) is 29.6 Å². The Balaban J connectivity index is 1.88. The molecule has 0 aliphatic carbocycles. The van der Waals surface area contributed by atoms with E-state index >= 15 is 0 Å². The summed E-state index contributed by atoms with van der Waals surface area (Å²) < 4.78 is 0. The second-order valence-electron chi connectivity index (χ2n) is 6.19. The fourth-order valence-electron chi connectivity index (χ4n) is 2.96. The largest absolute Gasteiger partial charge is 0.330 e. The SMILES string of the molecule is Cc1ccc(-c2nc(C3(CN)CCN(C)CC3)cs2)cc1. The molecular formula is C17H23N3S. The smallest absolute Gasteiger partial charge is 0.123 e. The summed E-state index contributed by atoms with van der Waals surface area (Å²) in [6, 6.07) is 8.60. The molecule has 0 amide bonds. The monoisotopic (exact) mass is 301 g/mol. The lowest BCUT2D eigenvalue weighted by atomic mass is 9.76. The van der Waals surface area contributed by atoms with Crippen molar-refractivity contribution in [1.29, 1.82) is 0 Å². The molecular weight excluding hydrogens is 278 g/mol. The highest BCUT2D eigenvalue weighted by atomic mass is 32.1. The zero-order valence-electron chi connectivity index (χ0n) is 12.8. The van der Waals surface area contributed by atoms with Gasteiger partial charge in [0.05, 0.1) is 5.69 Å². The topological polar surface area (TPSA) is 42.1 Å². The summed E-state index contributed by atoms with van der Waals surface area (Å²) in [4.78, 5) is 7.30. The van der Waals surface area contributed by atoms with Gasteiger partial charge in [-0.2, -0.15) is 0 Å². The third kappa shape index (κ3) is 2.89. The van der Waals surface area contributed by atoms with Crippen LogP contribution >= 0.6 is 11.3 Å². The Hall–Kier alpha value is -1.23. The molecule has 0 spiro atoms. The summed E-state index contributed by atoms with van der Waals surface area (Å²) in [7, 11) is 2.18. The van der Waals surface area contributed by atoms with E-state index in [1.54, 1.807) is 11.3 Å². The lowest BCUT2D eigenvalue weighted by molar-refractivity contribution is 0.189. The summed E-state index contributed by atoms with van der Waals surface area (Å²) in [5.74, 6) is 0. The van der Waals surface area contributed by atoms with Crippen molar-refractivity contribution >= 4 is 11.3 Å². The molecule has 0 atom stereocenters. The molecule has 0 radical (unpaired) electrons. The molecule has 3 rings (SSSR count). The Bertz CT molecular complexity index is 595. The Morgan fingerprint density at radius 2 is 1.90 bits per heavy atom. The zero-order chi connectivity index (χ0) is 14.9. The maximum absolute atomic E-state index is 6.13. The van der Waals surface area contributed by atoms with E-state index in [0.717, 1.165) is 30.9 Å². The van der Waals surface area contributed by atoms with Crippen LogP contribution in [0.4, 0.5) is 0 Å². The number of aromatic nitrogens is 1. The van der Waals surface area contributed by atoms with Gasteiger partial charge < -0.3 is 10.6 Å². The molecule has 21 heavy (non-hydrogen) atoms. The van der Waals surface area contributed by atoms with Crippen molar-refractivity contribution in [3.63, 3.8) is 0 Å². The van der Waals surface area contributed by atoms with Crippen molar-refractivity contribution in [2.24, 2.45) is 5.73 Å². The Labute approximate surface area is 130 Å². The maximum Gasteiger partial charge on any atom is 0.123 e. The van der Waals surface area contributed by atoms with Gasteiger partial charge in [0.15, 0.2) is 0 Å². The molecule has 3 nitrogen and oxygen atoms in total. The van der Waals surface area contributed by atoms with E-state index in [1.165, 1.54) is 16.8 Å². The fourth-order valence-corrected chi connectivity index (χ4v) is 3.91. The quantitative estimate of drug-likeness (QED) is 0.947. The average molecular weight is 301 g/mol. The molecule has 2 heterocycles. The van der Waals surface area contributed by atoms with E-state index in [2.05, 4.69) is 48.5 Å². The van der Waals surface area contributed by atoms with Gasteiger partial charge in [0, 0.05) is 22.9 Å². The van der Waals surface area contributed by atoms with Gasteiger partial charge in [0.2, 0.25) is 0 Å². The predicted octanol–water partition coefficient (Wildman–Crippen LogP) is 3.04. The van der Waals surface area contributed by atoms with Gasteiger partial charge >= 0.3 is 0 Å². The molecule has 2 N–H and O–H groups in total. The minimum atomic E-state index is 0.0754. The van der Waals surface area contributed by atoms with E-state index in [-0.39, 0.29) is 5.41 Å². The van der Waals surface area contributed by atoms with Crippen molar-refractivity contribution < 1.29 is 0 Å². The van der Waals surface area contributed by atoms with Gasteiger partial charge in [-0.15, -0.1) is 11.3 Å². The molecule has 4 heteroatoms. The molecule has 1 aromatic carbocycles. The van der Waals surface area contributed by atoms with E-state index in [4.69, 9.17) is 10.7 Å². The molecule has 0 unspecified atom stereocenters. The Morgan fingerprint density at radius 1 is 1.24 bits per heavy atom. The van der Waals surface area contributed by atoms with Crippen molar-refractivity contribution in [3.05, 3.63) is 40.9 Å². The number of likely N-dealkylation sites (tertiary alicyclic amines) is 1. The average Bonchev–Trinajstić information content (AvgIpc) is 3.00. The molecule has 112 valence electrons. The Kier molecular flexibility index (Phi) is 4.11. The van der Waals surface area contributed by atoms with Crippen LogP contribution in [0.25, 0.3) is 10.6 Å². The van der Waals surface area contributed by atoms with Gasteiger partial charge in [0.1, 0.15) is 5.01 Å².